The van der Waals surface area contributed by atoms with Crippen LogP contribution >= 0.6 is 0 Å². The van der Waals surface area contributed by atoms with E-state index < -0.39 is 5.79 Å². The van der Waals surface area contributed by atoms with Crippen LogP contribution < -0.4 is 16.8 Å². The van der Waals surface area contributed by atoms with E-state index in [9.17, 15) is 0 Å². The van der Waals surface area contributed by atoms with Gasteiger partial charge in [-0.2, -0.15) is 0 Å². The van der Waals surface area contributed by atoms with Gasteiger partial charge in [0.15, 0.2) is 0 Å². The highest BCUT2D eigenvalue weighted by Crippen LogP contribution is 2.05. The van der Waals surface area contributed by atoms with Gasteiger partial charge in [0.1, 0.15) is 5.79 Å². The second kappa shape index (κ2) is 5.07. The highest BCUT2D eigenvalue weighted by molar-refractivity contribution is 5.47. The number of hydrogen-bond donors (Lipinski definition) is 3. The molecular weight excluding hydrogens is 186 g/mol. The van der Waals surface area contributed by atoms with Crippen molar-refractivity contribution in [3.05, 3.63) is 42.0 Å². The summed E-state index contributed by atoms with van der Waals surface area (Å²) in [5.74, 6) is -0.791. The van der Waals surface area contributed by atoms with Gasteiger partial charge in [-0.05, 0) is 24.5 Å². The molecule has 15 heavy (non-hydrogen) atoms. The lowest BCUT2D eigenvalue weighted by molar-refractivity contribution is 0.384. The topological polar surface area (TPSA) is 64.1 Å². The van der Waals surface area contributed by atoms with Crippen molar-refractivity contribution < 1.29 is 0 Å². The van der Waals surface area contributed by atoms with Crippen LogP contribution in [0.2, 0.25) is 0 Å². The van der Waals surface area contributed by atoms with Gasteiger partial charge in [-0.15, -0.1) is 0 Å². The van der Waals surface area contributed by atoms with Crippen LogP contribution in [0.15, 0.2) is 30.8 Å². The summed E-state index contributed by atoms with van der Waals surface area (Å²) in [4.78, 5) is 0. The quantitative estimate of drug-likeness (QED) is 0.630. The minimum Gasteiger partial charge on any atom is -0.301 e. The molecule has 0 aliphatic heterocycles. The standard InChI is InChI=1S/C12H19N3/c1-3-10-4-6-11(7-5-10)8-9-15-12(2,13)14/h3-7,15H,1,8-9,13-14H2,2H3. The van der Waals surface area contributed by atoms with Gasteiger partial charge in [0.05, 0.1) is 0 Å². The Morgan fingerprint density at radius 2 is 1.93 bits per heavy atom. The summed E-state index contributed by atoms with van der Waals surface area (Å²) in [5, 5.41) is 3.03. The van der Waals surface area contributed by atoms with Crippen molar-refractivity contribution >= 4 is 6.08 Å². The van der Waals surface area contributed by atoms with Crippen molar-refractivity contribution in [2.24, 2.45) is 11.5 Å². The summed E-state index contributed by atoms with van der Waals surface area (Å²) >= 11 is 0. The van der Waals surface area contributed by atoms with Gasteiger partial charge < -0.3 is 11.5 Å². The molecule has 0 aromatic heterocycles. The number of nitrogens with two attached hydrogens (primary N) is 2. The third-order valence-corrected chi connectivity index (χ3v) is 2.13. The molecule has 1 aromatic rings. The lowest BCUT2D eigenvalue weighted by Crippen LogP contribution is -2.59. The average molecular weight is 205 g/mol. The lowest BCUT2D eigenvalue weighted by atomic mass is 10.1. The Bertz CT molecular complexity index is 309. The molecule has 3 nitrogen and oxygen atoms in total. The van der Waals surface area contributed by atoms with Gasteiger partial charge in [0.25, 0.3) is 0 Å². The molecule has 0 fully saturated rings. The molecule has 0 amide bonds. The molecule has 0 aliphatic rings. The van der Waals surface area contributed by atoms with Gasteiger partial charge in [-0.3, -0.25) is 5.32 Å². The van der Waals surface area contributed by atoms with E-state index in [2.05, 4.69) is 24.0 Å². The monoisotopic (exact) mass is 205 g/mol. The predicted octanol–water partition coefficient (Wildman–Crippen LogP) is 1.05. The molecule has 0 aliphatic carbocycles. The van der Waals surface area contributed by atoms with Crippen LogP contribution in [0.3, 0.4) is 0 Å². The summed E-state index contributed by atoms with van der Waals surface area (Å²) < 4.78 is 0. The van der Waals surface area contributed by atoms with Crippen LogP contribution in [0.25, 0.3) is 6.08 Å². The van der Waals surface area contributed by atoms with Crippen molar-refractivity contribution in [3.8, 4) is 0 Å². The fourth-order valence-corrected chi connectivity index (χ4v) is 1.30. The molecular formula is C12H19N3. The first kappa shape index (κ1) is 11.9. The molecule has 3 heteroatoms. The van der Waals surface area contributed by atoms with E-state index in [-0.39, 0.29) is 0 Å². The van der Waals surface area contributed by atoms with Crippen LogP contribution in [-0.4, -0.2) is 12.3 Å². The molecule has 82 valence electrons. The molecule has 5 N–H and O–H groups in total. The van der Waals surface area contributed by atoms with E-state index in [1.807, 2.05) is 18.2 Å². The Labute approximate surface area is 91.2 Å². The van der Waals surface area contributed by atoms with Crippen molar-refractivity contribution in [2.45, 2.75) is 19.1 Å². The van der Waals surface area contributed by atoms with Gasteiger partial charge in [-0.1, -0.05) is 36.9 Å². The predicted molar refractivity (Wildman–Crippen MR) is 65.0 cm³/mol. The second-order valence-corrected chi connectivity index (χ2v) is 3.91. The van der Waals surface area contributed by atoms with Crippen LogP contribution in [0.4, 0.5) is 0 Å². The average Bonchev–Trinajstić information content (AvgIpc) is 2.17. The SMILES string of the molecule is C=Cc1ccc(CCNC(C)(N)N)cc1. The third-order valence-electron chi connectivity index (χ3n) is 2.13. The zero-order valence-electron chi connectivity index (χ0n) is 9.16. The van der Waals surface area contributed by atoms with Crippen LogP contribution in [0.1, 0.15) is 18.1 Å². The fourth-order valence-electron chi connectivity index (χ4n) is 1.30. The molecule has 1 aromatic carbocycles. The first-order valence-electron chi connectivity index (χ1n) is 5.05. The van der Waals surface area contributed by atoms with Crippen LogP contribution in [0, 0.1) is 0 Å². The molecule has 0 atom stereocenters. The highest BCUT2D eigenvalue weighted by atomic mass is 15.2. The number of rotatable bonds is 5. The van der Waals surface area contributed by atoms with E-state index in [1.54, 1.807) is 6.92 Å². The largest absolute Gasteiger partial charge is 0.301 e. The van der Waals surface area contributed by atoms with Crippen molar-refractivity contribution in [2.75, 3.05) is 6.54 Å². The van der Waals surface area contributed by atoms with Crippen molar-refractivity contribution in [3.63, 3.8) is 0 Å². The summed E-state index contributed by atoms with van der Waals surface area (Å²) in [5.41, 5.74) is 13.6. The van der Waals surface area contributed by atoms with E-state index in [1.165, 1.54) is 5.56 Å². The first-order chi connectivity index (χ1) is 7.01. The molecule has 0 spiro atoms. The minimum absolute atomic E-state index is 0.775. The van der Waals surface area contributed by atoms with Crippen LogP contribution in [0.5, 0.6) is 0 Å². The van der Waals surface area contributed by atoms with E-state index in [4.69, 9.17) is 11.5 Å². The Kier molecular flexibility index (Phi) is 4.03. The maximum atomic E-state index is 5.60. The number of benzene rings is 1. The fraction of sp³-hybridized carbons (Fsp3) is 0.333. The van der Waals surface area contributed by atoms with Gasteiger partial charge in [0.2, 0.25) is 0 Å². The third kappa shape index (κ3) is 4.74. The molecule has 0 radical (unpaired) electrons. The zero-order valence-corrected chi connectivity index (χ0v) is 9.16. The maximum Gasteiger partial charge on any atom is 0.115 e. The second-order valence-electron chi connectivity index (χ2n) is 3.91. The minimum atomic E-state index is -0.791. The van der Waals surface area contributed by atoms with Gasteiger partial charge in [0, 0.05) is 6.54 Å². The normalized spacial score (nSPS) is 11.4. The number of hydrogen-bond acceptors (Lipinski definition) is 3. The number of nitrogens with one attached hydrogen (secondary N) is 1. The molecule has 0 saturated heterocycles. The first-order valence-corrected chi connectivity index (χ1v) is 5.05. The Hall–Kier alpha value is -1.16. The summed E-state index contributed by atoms with van der Waals surface area (Å²) in [6.45, 7) is 6.23. The van der Waals surface area contributed by atoms with Gasteiger partial charge in [-0.25, -0.2) is 0 Å². The highest BCUT2D eigenvalue weighted by Gasteiger charge is 2.07. The molecule has 1 rings (SSSR count). The molecule has 0 unspecified atom stereocenters. The van der Waals surface area contributed by atoms with Crippen molar-refractivity contribution in [1.29, 1.82) is 0 Å². The molecule has 0 bridgehead atoms. The summed E-state index contributed by atoms with van der Waals surface area (Å²) in [6, 6.07) is 8.27. The summed E-state index contributed by atoms with van der Waals surface area (Å²) in [7, 11) is 0. The Morgan fingerprint density at radius 1 is 1.33 bits per heavy atom. The van der Waals surface area contributed by atoms with Crippen LogP contribution in [-0.2, 0) is 6.42 Å². The van der Waals surface area contributed by atoms with E-state index in [0.717, 1.165) is 18.5 Å². The van der Waals surface area contributed by atoms with E-state index >= 15 is 0 Å². The maximum absolute atomic E-state index is 5.60. The summed E-state index contributed by atoms with van der Waals surface area (Å²) in [6.07, 6.45) is 2.75. The van der Waals surface area contributed by atoms with E-state index in [0.29, 0.717) is 0 Å². The molecule has 0 heterocycles. The smallest absolute Gasteiger partial charge is 0.115 e. The lowest BCUT2D eigenvalue weighted by Gasteiger charge is -2.20. The zero-order chi connectivity index (χ0) is 11.3. The van der Waals surface area contributed by atoms with Crippen molar-refractivity contribution in [1.82, 2.24) is 5.32 Å². The Balaban J connectivity index is 2.41. The molecule has 0 saturated carbocycles. The Morgan fingerprint density at radius 3 is 2.40 bits per heavy atom. The van der Waals surface area contributed by atoms with Gasteiger partial charge >= 0.3 is 0 Å².